The summed E-state index contributed by atoms with van der Waals surface area (Å²) < 4.78 is 79.7. The van der Waals surface area contributed by atoms with Crippen LogP contribution in [0.5, 0.6) is 0 Å². The number of alkyl carbamates (subject to hydrolysis) is 1. The molecule has 1 unspecified atom stereocenters. The predicted molar refractivity (Wildman–Crippen MR) is 148 cm³/mol. The molecule has 0 spiro atoms. The first-order valence-electron chi connectivity index (χ1n) is 14.2. The largest absolute Gasteiger partial charge is 0.444 e. The van der Waals surface area contributed by atoms with Crippen molar-refractivity contribution in [2.24, 2.45) is 0 Å². The summed E-state index contributed by atoms with van der Waals surface area (Å²) in [6.07, 6.45) is -0.447. The van der Waals surface area contributed by atoms with Gasteiger partial charge in [-0.1, -0.05) is 0 Å². The molecule has 3 aromatic rings. The van der Waals surface area contributed by atoms with Crippen LogP contribution < -0.4 is 10.6 Å². The van der Waals surface area contributed by atoms with Crippen molar-refractivity contribution in [3.63, 3.8) is 0 Å². The van der Waals surface area contributed by atoms with Crippen molar-refractivity contribution in [1.82, 2.24) is 45.2 Å². The van der Waals surface area contributed by atoms with E-state index in [2.05, 4.69) is 31.0 Å². The van der Waals surface area contributed by atoms with Crippen LogP contribution in [-0.4, -0.2) is 70.3 Å². The van der Waals surface area contributed by atoms with Gasteiger partial charge in [0.25, 0.3) is 0 Å². The van der Waals surface area contributed by atoms with Crippen LogP contribution >= 0.6 is 0 Å². The van der Waals surface area contributed by atoms with Gasteiger partial charge in [-0.25, -0.2) is 9.48 Å². The van der Waals surface area contributed by atoms with Gasteiger partial charge in [-0.3, -0.25) is 9.48 Å². The number of nitrogens with one attached hydrogen (secondary N) is 2. The number of rotatable bonds is 10. The third-order valence-corrected chi connectivity index (χ3v) is 6.56. The molecule has 2 amide bonds. The van der Waals surface area contributed by atoms with Crippen LogP contribution in [0.15, 0.2) is 24.7 Å². The van der Waals surface area contributed by atoms with Crippen molar-refractivity contribution in [3.05, 3.63) is 35.9 Å². The number of aromatic nitrogens is 7. The summed E-state index contributed by atoms with van der Waals surface area (Å²) in [5.74, 6) is -0.749. The number of amides is 2. The molecule has 1 fully saturated rings. The number of carbonyl (C=O) groups excluding carboxylic acids is 2. The lowest BCUT2D eigenvalue weighted by Gasteiger charge is -2.30. The summed E-state index contributed by atoms with van der Waals surface area (Å²) in [6, 6.07) is -0.464. The first-order chi connectivity index (χ1) is 20.9. The van der Waals surface area contributed by atoms with Crippen LogP contribution in [0.4, 0.5) is 26.7 Å². The first kappa shape index (κ1) is 33.8. The molecular formula is C27H36F5N9O4. The summed E-state index contributed by atoms with van der Waals surface area (Å²) in [6.45, 7) is 5.32. The Hall–Kier alpha value is -4.09. The Morgan fingerprint density at radius 1 is 1.09 bits per heavy atom. The van der Waals surface area contributed by atoms with Crippen molar-refractivity contribution in [2.45, 2.75) is 103 Å². The molecule has 2 atom stereocenters. The van der Waals surface area contributed by atoms with Gasteiger partial charge in [0, 0.05) is 19.2 Å². The molecule has 13 nitrogen and oxygen atoms in total. The molecule has 1 saturated heterocycles. The van der Waals surface area contributed by atoms with Crippen LogP contribution in [0.1, 0.15) is 77.9 Å². The lowest BCUT2D eigenvalue weighted by atomic mass is 10.0. The Labute approximate surface area is 255 Å². The quantitative estimate of drug-likeness (QED) is 0.308. The van der Waals surface area contributed by atoms with Crippen molar-refractivity contribution in [1.29, 1.82) is 0 Å². The number of alkyl halides is 5. The molecule has 4 rings (SSSR count). The van der Waals surface area contributed by atoms with Crippen LogP contribution in [0.3, 0.4) is 0 Å². The van der Waals surface area contributed by atoms with Crippen LogP contribution in [-0.2, 0) is 33.4 Å². The third kappa shape index (κ3) is 9.21. The van der Waals surface area contributed by atoms with E-state index in [9.17, 15) is 31.5 Å². The van der Waals surface area contributed by atoms with Gasteiger partial charge in [0.2, 0.25) is 5.91 Å². The Morgan fingerprint density at radius 3 is 2.42 bits per heavy atom. The van der Waals surface area contributed by atoms with E-state index in [1.165, 1.54) is 11.0 Å². The molecule has 4 heterocycles. The van der Waals surface area contributed by atoms with Crippen LogP contribution in [0.25, 0.3) is 11.4 Å². The normalized spacial score (nSPS) is 16.9. The number of hydrogen-bond acceptors (Lipinski definition) is 8. The standard InChI is InChI=1S/C27H36F5N9O4/c1-25(2,3)45-24(43)35-17(10-16-12-33-39(14-16)23(28)29)22(42)36-26(4,5)15-40-19(11-20(38-40)27(30,31)32)18-13-34-41(37-18)21-8-6-7-9-44-21/h11-14,17,21,23H,6-10,15H2,1-5H3,(H,35,43)(H,36,42)/t17-,21?/m1/s1. The van der Waals surface area contributed by atoms with Gasteiger partial charge >= 0.3 is 18.8 Å². The molecule has 0 saturated carbocycles. The van der Waals surface area contributed by atoms with E-state index < -0.39 is 53.8 Å². The average Bonchev–Trinajstić information content (AvgIpc) is 3.67. The van der Waals surface area contributed by atoms with Crippen LogP contribution in [0.2, 0.25) is 0 Å². The van der Waals surface area contributed by atoms with Gasteiger partial charge in [-0.05, 0) is 65.5 Å². The first-order valence-corrected chi connectivity index (χ1v) is 14.2. The fourth-order valence-corrected chi connectivity index (χ4v) is 4.64. The maximum atomic E-state index is 13.7. The maximum Gasteiger partial charge on any atom is 0.435 e. The SMILES string of the molecule is CC(C)(Cn1nc(C(F)(F)F)cc1-c1cnn(C2CCCCO2)n1)NC(=O)[C@@H](Cc1cnn(C(F)F)c1)NC(=O)OC(C)(C)C. The molecule has 0 aliphatic carbocycles. The minimum atomic E-state index is -4.76. The van der Waals surface area contributed by atoms with Gasteiger partial charge in [0.15, 0.2) is 11.9 Å². The lowest BCUT2D eigenvalue weighted by molar-refractivity contribution is -0.141. The summed E-state index contributed by atoms with van der Waals surface area (Å²) in [5.41, 5.74) is -2.96. The molecule has 0 bridgehead atoms. The molecule has 45 heavy (non-hydrogen) atoms. The molecule has 1 aliphatic heterocycles. The molecule has 248 valence electrons. The van der Waals surface area contributed by atoms with E-state index in [0.29, 0.717) is 17.7 Å². The Bertz CT molecular complexity index is 1470. The molecule has 3 aromatic heterocycles. The molecule has 2 N–H and O–H groups in total. The highest BCUT2D eigenvalue weighted by atomic mass is 19.4. The van der Waals surface area contributed by atoms with Gasteiger partial charge in [0.1, 0.15) is 17.3 Å². The second-order valence-corrected chi connectivity index (χ2v) is 12.3. The van der Waals surface area contributed by atoms with Crippen molar-refractivity contribution in [3.8, 4) is 11.4 Å². The number of nitrogens with zero attached hydrogens (tertiary/aromatic N) is 7. The minimum absolute atomic E-state index is 0.00884. The molecule has 0 radical (unpaired) electrons. The van der Waals surface area contributed by atoms with Gasteiger partial charge in [-0.15, -0.1) is 5.10 Å². The molecular weight excluding hydrogens is 609 g/mol. The van der Waals surface area contributed by atoms with E-state index in [0.717, 1.165) is 36.0 Å². The minimum Gasteiger partial charge on any atom is -0.444 e. The Kier molecular flexibility index (Phi) is 9.84. The lowest BCUT2D eigenvalue weighted by Crippen LogP contribution is -2.55. The summed E-state index contributed by atoms with van der Waals surface area (Å²) >= 11 is 0. The molecule has 0 aromatic carbocycles. The number of hydrogen-bond donors (Lipinski definition) is 2. The second kappa shape index (κ2) is 13.1. The third-order valence-electron chi connectivity index (χ3n) is 6.56. The highest BCUT2D eigenvalue weighted by Crippen LogP contribution is 2.32. The summed E-state index contributed by atoms with van der Waals surface area (Å²) in [5, 5.41) is 21.0. The fourth-order valence-electron chi connectivity index (χ4n) is 4.64. The van der Waals surface area contributed by atoms with E-state index >= 15 is 0 Å². The zero-order valence-electron chi connectivity index (χ0n) is 25.4. The topological polar surface area (TPSA) is 143 Å². The van der Waals surface area contributed by atoms with Crippen LogP contribution in [0, 0.1) is 0 Å². The van der Waals surface area contributed by atoms with E-state index in [-0.39, 0.29) is 29.9 Å². The van der Waals surface area contributed by atoms with Gasteiger partial charge in [-0.2, -0.15) is 42.0 Å². The van der Waals surface area contributed by atoms with Gasteiger partial charge < -0.3 is 20.1 Å². The molecule has 1 aliphatic rings. The summed E-state index contributed by atoms with van der Waals surface area (Å²) in [4.78, 5) is 27.4. The smallest absolute Gasteiger partial charge is 0.435 e. The molecule has 18 heteroatoms. The zero-order chi connectivity index (χ0) is 33.2. The maximum absolute atomic E-state index is 13.7. The number of carbonyl (C=O) groups is 2. The predicted octanol–water partition coefficient (Wildman–Crippen LogP) is 4.48. The van der Waals surface area contributed by atoms with Crippen molar-refractivity contribution >= 4 is 12.0 Å². The highest BCUT2D eigenvalue weighted by molar-refractivity contribution is 5.86. The average molecular weight is 646 g/mol. The highest BCUT2D eigenvalue weighted by Gasteiger charge is 2.37. The zero-order valence-corrected chi connectivity index (χ0v) is 25.4. The number of ether oxygens (including phenoxy) is 2. The van der Waals surface area contributed by atoms with E-state index in [4.69, 9.17) is 9.47 Å². The Morgan fingerprint density at radius 2 is 1.82 bits per heavy atom. The van der Waals surface area contributed by atoms with E-state index in [1.807, 2.05) is 0 Å². The Balaban J connectivity index is 1.56. The second-order valence-electron chi connectivity index (χ2n) is 12.3. The van der Waals surface area contributed by atoms with Gasteiger partial charge in [0.05, 0.1) is 30.2 Å². The van der Waals surface area contributed by atoms with Crippen molar-refractivity contribution < 1.29 is 41.0 Å². The summed E-state index contributed by atoms with van der Waals surface area (Å²) in [7, 11) is 0. The number of halogens is 5. The van der Waals surface area contributed by atoms with Crippen molar-refractivity contribution in [2.75, 3.05) is 6.61 Å². The fraction of sp³-hybridized carbons (Fsp3) is 0.630. The van der Waals surface area contributed by atoms with E-state index in [1.54, 1.807) is 34.6 Å². The monoisotopic (exact) mass is 645 g/mol.